The number of aryl methyl sites for hydroxylation is 1. The fourth-order valence-corrected chi connectivity index (χ4v) is 5.57. The summed E-state index contributed by atoms with van der Waals surface area (Å²) in [5, 5.41) is 3.24. The van der Waals surface area contributed by atoms with Gasteiger partial charge in [-0.2, -0.15) is 4.31 Å². The molecular formula is C23H26FN3O3S2. The molecule has 0 atom stereocenters. The predicted octanol–water partition coefficient (Wildman–Crippen LogP) is 4.47. The number of anilines is 1. The van der Waals surface area contributed by atoms with Gasteiger partial charge in [0.05, 0.1) is 4.90 Å². The van der Waals surface area contributed by atoms with Gasteiger partial charge in [0.15, 0.2) is 5.13 Å². The zero-order valence-corrected chi connectivity index (χ0v) is 19.7. The number of amides is 1. The number of nitrogens with one attached hydrogen (secondary N) is 1. The zero-order chi connectivity index (χ0) is 23.1. The molecule has 32 heavy (non-hydrogen) atoms. The first kappa shape index (κ1) is 24.0. The van der Waals surface area contributed by atoms with E-state index < -0.39 is 10.0 Å². The second-order valence-corrected chi connectivity index (χ2v) is 10.2. The molecule has 6 nitrogen and oxygen atoms in total. The van der Waals surface area contributed by atoms with Crippen molar-refractivity contribution in [1.29, 1.82) is 0 Å². The molecule has 0 aliphatic carbocycles. The summed E-state index contributed by atoms with van der Waals surface area (Å²) >= 11 is 1.32. The molecule has 0 saturated heterocycles. The van der Waals surface area contributed by atoms with E-state index in [1.165, 1.54) is 21.7 Å². The molecule has 3 rings (SSSR count). The highest BCUT2D eigenvalue weighted by Gasteiger charge is 2.21. The maximum Gasteiger partial charge on any atom is 0.243 e. The fourth-order valence-electron chi connectivity index (χ4n) is 3.26. The third-order valence-corrected chi connectivity index (χ3v) is 8.01. The number of halogens is 1. The Kier molecular flexibility index (Phi) is 8.11. The van der Waals surface area contributed by atoms with Crippen molar-refractivity contribution in [3.8, 4) is 0 Å². The number of rotatable bonds is 10. The van der Waals surface area contributed by atoms with Crippen molar-refractivity contribution in [2.45, 2.75) is 38.0 Å². The Bertz CT molecular complexity index is 1160. The van der Waals surface area contributed by atoms with Crippen LogP contribution >= 0.6 is 11.3 Å². The molecule has 2 aromatic carbocycles. The average molecular weight is 476 g/mol. The van der Waals surface area contributed by atoms with E-state index in [2.05, 4.69) is 10.3 Å². The number of hydrogen-bond donors (Lipinski definition) is 1. The van der Waals surface area contributed by atoms with E-state index in [9.17, 15) is 17.6 Å². The minimum Gasteiger partial charge on any atom is -0.302 e. The normalized spacial score (nSPS) is 11.6. The lowest BCUT2D eigenvalue weighted by atomic mass is 10.1. The van der Waals surface area contributed by atoms with Crippen LogP contribution in [0.5, 0.6) is 0 Å². The molecule has 0 aliphatic heterocycles. The third kappa shape index (κ3) is 5.99. The second-order valence-electron chi connectivity index (χ2n) is 7.18. The Morgan fingerprint density at radius 1 is 1.09 bits per heavy atom. The highest BCUT2D eigenvalue weighted by Crippen LogP contribution is 2.23. The van der Waals surface area contributed by atoms with Crippen LogP contribution in [0.4, 0.5) is 9.52 Å². The molecule has 9 heteroatoms. The zero-order valence-electron chi connectivity index (χ0n) is 18.0. The van der Waals surface area contributed by atoms with Gasteiger partial charge in [0.1, 0.15) is 5.82 Å². The summed E-state index contributed by atoms with van der Waals surface area (Å²) in [7, 11) is -3.49. The second kappa shape index (κ2) is 10.8. The van der Waals surface area contributed by atoms with Crippen molar-refractivity contribution in [2.24, 2.45) is 0 Å². The van der Waals surface area contributed by atoms with Crippen LogP contribution in [-0.4, -0.2) is 36.7 Å². The Morgan fingerprint density at radius 2 is 1.78 bits per heavy atom. The molecule has 0 saturated carbocycles. The van der Waals surface area contributed by atoms with E-state index in [1.54, 1.807) is 62.5 Å². The van der Waals surface area contributed by atoms with Crippen LogP contribution in [0.1, 0.15) is 36.3 Å². The topological polar surface area (TPSA) is 79.4 Å². The molecule has 1 N–H and O–H groups in total. The van der Waals surface area contributed by atoms with Gasteiger partial charge < -0.3 is 5.32 Å². The number of benzene rings is 2. The lowest BCUT2D eigenvalue weighted by Crippen LogP contribution is -2.30. The minimum absolute atomic E-state index is 0.184. The molecule has 0 fully saturated rings. The Morgan fingerprint density at radius 3 is 2.44 bits per heavy atom. The Hall–Kier alpha value is -2.62. The predicted molar refractivity (Wildman–Crippen MR) is 125 cm³/mol. The number of nitrogens with zero attached hydrogens (tertiary/aromatic N) is 2. The lowest BCUT2D eigenvalue weighted by Gasteiger charge is -2.18. The van der Waals surface area contributed by atoms with Crippen LogP contribution in [-0.2, 0) is 27.7 Å². The van der Waals surface area contributed by atoms with Crippen LogP contribution in [0, 0.1) is 5.82 Å². The van der Waals surface area contributed by atoms with Gasteiger partial charge >= 0.3 is 0 Å². The van der Waals surface area contributed by atoms with Crippen LogP contribution in [0.25, 0.3) is 0 Å². The summed E-state index contributed by atoms with van der Waals surface area (Å²) in [5.41, 5.74) is 1.46. The van der Waals surface area contributed by atoms with E-state index in [-0.39, 0.29) is 23.0 Å². The van der Waals surface area contributed by atoms with Crippen molar-refractivity contribution in [1.82, 2.24) is 9.29 Å². The van der Waals surface area contributed by atoms with Gasteiger partial charge in [-0.25, -0.2) is 17.8 Å². The molecule has 1 heterocycles. The average Bonchev–Trinajstić information content (AvgIpc) is 3.21. The quantitative estimate of drug-likeness (QED) is 0.469. The lowest BCUT2D eigenvalue weighted by molar-refractivity contribution is -0.116. The maximum absolute atomic E-state index is 13.8. The van der Waals surface area contributed by atoms with Gasteiger partial charge in [-0.15, -0.1) is 11.3 Å². The maximum atomic E-state index is 13.8. The van der Waals surface area contributed by atoms with Crippen molar-refractivity contribution in [3.05, 3.63) is 76.5 Å². The summed E-state index contributed by atoms with van der Waals surface area (Å²) in [5.74, 6) is -0.445. The highest BCUT2D eigenvalue weighted by molar-refractivity contribution is 7.89. The number of carbonyl (C=O) groups excluding carboxylic acids is 1. The molecule has 0 aliphatic rings. The summed E-state index contributed by atoms with van der Waals surface area (Å²) in [6.45, 7) is 4.44. The summed E-state index contributed by atoms with van der Waals surface area (Å²) in [6.07, 6.45) is 2.78. The van der Waals surface area contributed by atoms with Gasteiger partial charge in [-0.05, 0) is 35.7 Å². The number of aromatic nitrogens is 1. The molecular weight excluding hydrogens is 449 g/mol. The van der Waals surface area contributed by atoms with Crippen molar-refractivity contribution in [2.75, 3.05) is 18.4 Å². The fraction of sp³-hybridized carbons (Fsp3) is 0.304. The van der Waals surface area contributed by atoms with E-state index in [4.69, 9.17) is 0 Å². The highest BCUT2D eigenvalue weighted by atomic mass is 32.2. The van der Waals surface area contributed by atoms with Crippen molar-refractivity contribution in [3.63, 3.8) is 0 Å². The van der Waals surface area contributed by atoms with Gasteiger partial charge in [0, 0.05) is 37.0 Å². The number of carbonyl (C=O) groups is 1. The third-order valence-electron chi connectivity index (χ3n) is 5.03. The number of sulfonamides is 1. The Labute approximate surface area is 192 Å². The van der Waals surface area contributed by atoms with E-state index >= 15 is 0 Å². The molecule has 0 spiro atoms. The molecule has 0 radical (unpaired) electrons. The summed E-state index contributed by atoms with van der Waals surface area (Å²) in [6, 6.07) is 13.2. The first-order valence-electron chi connectivity index (χ1n) is 10.4. The first-order chi connectivity index (χ1) is 15.3. The van der Waals surface area contributed by atoms with E-state index in [0.717, 1.165) is 10.4 Å². The molecule has 0 unspecified atom stereocenters. The molecule has 3 aromatic rings. The van der Waals surface area contributed by atoms with Gasteiger partial charge in [-0.1, -0.05) is 44.2 Å². The van der Waals surface area contributed by atoms with Gasteiger partial charge in [-0.3, -0.25) is 4.79 Å². The monoisotopic (exact) mass is 475 g/mol. The summed E-state index contributed by atoms with van der Waals surface area (Å²) in [4.78, 5) is 17.6. The number of thiazole rings is 1. The summed E-state index contributed by atoms with van der Waals surface area (Å²) < 4.78 is 40.3. The van der Waals surface area contributed by atoms with Gasteiger partial charge in [0.2, 0.25) is 15.9 Å². The van der Waals surface area contributed by atoms with Crippen LogP contribution in [0.2, 0.25) is 0 Å². The van der Waals surface area contributed by atoms with Crippen molar-refractivity contribution < 1.29 is 17.6 Å². The van der Waals surface area contributed by atoms with Crippen molar-refractivity contribution >= 4 is 32.4 Å². The smallest absolute Gasteiger partial charge is 0.243 e. The SMILES string of the molecule is CCN(CC)S(=O)(=O)c1ccc(CCC(=O)Nc2ncc(Cc3ccccc3F)s2)cc1. The first-order valence-corrected chi connectivity index (χ1v) is 12.7. The molecule has 1 amide bonds. The molecule has 1 aromatic heterocycles. The minimum atomic E-state index is -3.49. The van der Waals surface area contributed by atoms with Gasteiger partial charge in [0.25, 0.3) is 0 Å². The van der Waals surface area contributed by atoms with Crippen LogP contribution < -0.4 is 5.32 Å². The van der Waals surface area contributed by atoms with E-state index in [1.807, 2.05) is 0 Å². The van der Waals surface area contributed by atoms with Crippen LogP contribution in [0.3, 0.4) is 0 Å². The largest absolute Gasteiger partial charge is 0.302 e. The molecule has 0 bridgehead atoms. The Balaban J connectivity index is 1.53. The van der Waals surface area contributed by atoms with E-state index in [0.29, 0.717) is 36.6 Å². The number of hydrogen-bond acceptors (Lipinski definition) is 5. The molecule has 170 valence electrons. The van der Waals surface area contributed by atoms with Crippen LogP contribution in [0.15, 0.2) is 59.6 Å². The standard InChI is InChI=1S/C23H26FN3O3S2/c1-3-27(4-2)32(29,30)20-12-9-17(10-13-20)11-14-22(28)26-23-25-16-19(31-23)15-18-7-5-6-8-21(18)24/h5-10,12-13,16H,3-4,11,14-15H2,1-2H3,(H,25,26,28).